The number of carbonyl (C=O) groups is 3. The summed E-state index contributed by atoms with van der Waals surface area (Å²) in [6, 6.07) is 0. The molecule has 2 fully saturated rings. The predicted molar refractivity (Wildman–Crippen MR) is 138 cm³/mol. The number of hydrogen-bond acceptors (Lipinski definition) is 6. The van der Waals surface area contributed by atoms with Gasteiger partial charge in [-0.25, -0.2) is 0 Å². The minimum atomic E-state index is -2.22. The quantitative estimate of drug-likeness (QED) is 0.248. The predicted octanol–water partition coefficient (Wildman–Crippen LogP) is 5.75. The van der Waals surface area contributed by atoms with Gasteiger partial charge in [-0.3, -0.25) is 14.4 Å². The van der Waals surface area contributed by atoms with Gasteiger partial charge in [-0.15, -0.1) is 0 Å². The molecule has 8 heteroatoms. The zero-order valence-electron chi connectivity index (χ0n) is 23.4. The molecule has 2 heterocycles. The van der Waals surface area contributed by atoms with Crippen molar-refractivity contribution in [1.29, 1.82) is 0 Å². The summed E-state index contributed by atoms with van der Waals surface area (Å²) in [4.78, 5) is 37.0. The van der Waals surface area contributed by atoms with Gasteiger partial charge in [-0.1, -0.05) is 34.6 Å². The molecule has 0 saturated carbocycles. The third-order valence-corrected chi connectivity index (χ3v) is 13.4. The van der Waals surface area contributed by atoms with E-state index >= 15 is 0 Å². The zero-order valence-corrected chi connectivity index (χ0v) is 24.4. The first-order chi connectivity index (χ1) is 15.9. The van der Waals surface area contributed by atoms with Crippen LogP contribution in [0.25, 0.3) is 0 Å². The summed E-state index contributed by atoms with van der Waals surface area (Å²) in [6.45, 7) is 18.7. The molecule has 2 aliphatic rings. The molecule has 2 bridgehead atoms. The first-order valence-corrected chi connectivity index (χ1v) is 16.1. The van der Waals surface area contributed by atoms with Crippen LogP contribution in [0, 0.1) is 17.3 Å². The zero-order chi connectivity index (χ0) is 26.8. The second kappa shape index (κ2) is 11.0. The number of carboxylic acid groups (broad SMARTS) is 1. The fraction of sp³-hybridized carbons (Fsp3) is 0.889. The van der Waals surface area contributed by atoms with Gasteiger partial charge in [-0.2, -0.15) is 0 Å². The highest BCUT2D eigenvalue weighted by Crippen LogP contribution is 2.54. The minimum Gasteiger partial charge on any atom is -0.481 e. The fourth-order valence-electron chi connectivity index (χ4n) is 5.10. The summed E-state index contributed by atoms with van der Waals surface area (Å²) in [5, 5.41) is 9.32. The SMILES string of the molecule is CCC(C)(C)C(=O)OC[C@@H]1C[C@H]2C[C@@H](C)[C@@]1(CCC(=O)CC(CC(=O)O)O[Si](C)(C)C(C)(C)C)O2. The van der Waals surface area contributed by atoms with E-state index in [1.807, 2.05) is 20.8 Å². The Hall–Kier alpha value is -1.25. The Bertz CT molecular complexity index is 785. The van der Waals surface area contributed by atoms with Gasteiger partial charge in [0.15, 0.2) is 8.32 Å². The van der Waals surface area contributed by atoms with Gasteiger partial charge >= 0.3 is 11.9 Å². The Kier molecular flexibility index (Phi) is 9.43. The van der Waals surface area contributed by atoms with Gasteiger partial charge in [0.2, 0.25) is 0 Å². The molecule has 0 aromatic rings. The van der Waals surface area contributed by atoms with E-state index in [1.54, 1.807) is 0 Å². The van der Waals surface area contributed by atoms with E-state index in [0.29, 0.717) is 25.9 Å². The van der Waals surface area contributed by atoms with Crippen LogP contribution in [0.4, 0.5) is 0 Å². The van der Waals surface area contributed by atoms with Crippen LogP contribution in [-0.4, -0.2) is 55.6 Å². The van der Waals surface area contributed by atoms with Gasteiger partial charge in [0.1, 0.15) is 5.78 Å². The van der Waals surface area contributed by atoms with E-state index in [0.717, 1.165) is 12.8 Å². The lowest BCUT2D eigenvalue weighted by Crippen LogP contribution is -2.45. The largest absolute Gasteiger partial charge is 0.481 e. The lowest BCUT2D eigenvalue weighted by Gasteiger charge is -2.39. The van der Waals surface area contributed by atoms with E-state index in [2.05, 4.69) is 40.8 Å². The minimum absolute atomic E-state index is 0.00153. The molecule has 202 valence electrons. The van der Waals surface area contributed by atoms with Crippen molar-refractivity contribution >= 4 is 26.0 Å². The lowest BCUT2D eigenvalue weighted by atomic mass is 9.69. The number of rotatable bonds is 13. The second-order valence-corrected chi connectivity index (χ2v) is 17.7. The van der Waals surface area contributed by atoms with E-state index in [4.69, 9.17) is 13.9 Å². The van der Waals surface area contributed by atoms with Crippen LogP contribution in [0.2, 0.25) is 18.1 Å². The highest BCUT2D eigenvalue weighted by molar-refractivity contribution is 6.74. The van der Waals surface area contributed by atoms with Gasteiger partial charge < -0.3 is 19.0 Å². The summed E-state index contributed by atoms with van der Waals surface area (Å²) in [7, 11) is -2.22. The first-order valence-electron chi connectivity index (χ1n) is 13.2. The summed E-state index contributed by atoms with van der Waals surface area (Å²) < 4.78 is 18.5. The Morgan fingerprint density at radius 2 is 1.74 bits per heavy atom. The third-order valence-electron chi connectivity index (χ3n) is 8.85. The average molecular weight is 513 g/mol. The highest BCUT2D eigenvalue weighted by Gasteiger charge is 2.58. The average Bonchev–Trinajstić information content (AvgIpc) is 3.22. The first kappa shape index (κ1) is 30.0. The van der Waals surface area contributed by atoms with Crippen molar-refractivity contribution in [2.75, 3.05) is 6.61 Å². The third kappa shape index (κ3) is 7.16. The van der Waals surface area contributed by atoms with E-state index in [-0.39, 0.29) is 47.6 Å². The molecular formula is C27H48O7Si. The monoisotopic (exact) mass is 512 g/mol. The molecule has 35 heavy (non-hydrogen) atoms. The van der Waals surface area contributed by atoms with Crippen molar-refractivity contribution in [2.24, 2.45) is 17.3 Å². The Balaban J connectivity index is 2.03. The maximum atomic E-state index is 13.1. The van der Waals surface area contributed by atoms with Crippen molar-refractivity contribution in [3.8, 4) is 0 Å². The Morgan fingerprint density at radius 1 is 1.11 bits per heavy atom. The molecule has 0 amide bonds. The molecule has 0 radical (unpaired) electrons. The van der Waals surface area contributed by atoms with Crippen LogP contribution in [0.1, 0.15) is 93.4 Å². The molecular weight excluding hydrogens is 464 g/mol. The molecule has 0 aromatic carbocycles. The van der Waals surface area contributed by atoms with Crippen LogP contribution in [0.5, 0.6) is 0 Å². The Labute approximate surface area is 212 Å². The van der Waals surface area contributed by atoms with Gasteiger partial charge in [-0.05, 0) is 63.6 Å². The summed E-state index contributed by atoms with van der Waals surface area (Å²) in [5.41, 5.74) is -0.990. The molecule has 0 aliphatic carbocycles. The molecule has 7 nitrogen and oxygen atoms in total. The number of aliphatic carboxylic acids is 1. The Morgan fingerprint density at radius 3 is 2.26 bits per heavy atom. The van der Waals surface area contributed by atoms with Crippen LogP contribution in [0.15, 0.2) is 0 Å². The highest BCUT2D eigenvalue weighted by atomic mass is 28.4. The molecule has 1 N–H and O–H groups in total. The van der Waals surface area contributed by atoms with Crippen LogP contribution in [0.3, 0.4) is 0 Å². The van der Waals surface area contributed by atoms with E-state index in [1.165, 1.54) is 0 Å². The van der Waals surface area contributed by atoms with Crippen molar-refractivity contribution < 1.29 is 33.4 Å². The summed E-state index contributed by atoms with van der Waals surface area (Å²) in [5.74, 6) is -0.808. The summed E-state index contributed by atoms with van der Waals surface area (Å²) in [6.07, 6.45) is 2.81. The number of ketones is 1. The van der Waals surface area contributed by atoms with Crippen LogP contribution in [-0.2, 0) is 28.3 Å². The number of carbonyl (C=O) groups excluding carboxylic acids is 2. The van der Waals surface area contributed by atoms with Crippen molar-refractivity contribution in [2.45, 2.75) is 129 Å². The molecule has 2 aliphatic heterocycles. The molecule has 1 unspecified atom stereocenters. The van der Waals surface area contributed by atoms with Gasteiger partial charge in [0.05, 0.1) is 36.3 Å². The van der Waals surface area contributed by atoms with Crippen LogP contribution >= 0.6 is 0 Å². The number of Topliss-reactive ketones (excluding diaryl/α,β-unsaturated/α-hetero) is 1. The smallest absolute Gasteiger partial charge is 0.311 e. The normalized spacial score (nSPS) is 27.6. The van der Waals surface area contributed by atoms with E-state index in [9.17, 15) is 19.5 Å². The standard InChI is InChI=1S/C27H48O7Si/c1-10-26(6,7)24(31)32-17-19-14-21-13-18(2)27(19,33-21)12-11-20(28)15-22(16-23(29)30)34-35(8,9)25(3,4)5/h18-19,21-22H,10-17H2,1-9H3,(H,29,30)/t18-,19+,21-,22?,27-/m1/s1. The fourth-order valence-corrected chi connectivity index (χ4v) is 6.45. The van der Waals surface area contributed by atoms with Crippen molar-refractivity contribution in [3.05, 3.63) is 0 Å². The maximum absolute atomic E-state index is 13.1. The molecule has 2 saturated heterocycles. The summed E-state index contributed by atoms with van der Waals surface area (Å²) >= 11 is 0. The number of hydrogen-bond donors (Lipinski definition) is 1. The van der Waals surface area contributed by atoms with Crippen molar-refractivity contribution in [1.82, 2.24) is 0 Å². The molecule has 2 rings (SSSR count). The molecule has 5 atom stereocenters. The number of fused-ring (bicyclic) bond motifs is 2. The van der Waals surface area contributed by atoms with Gasteiger partial charge in [0.25, 0.3) is 0 Å². The second-order valence-electron chi connectivity index (χ2n) is 12.9. The number of ether oxygens (including phenoxy) is 2. The lowest BCUT2D eigenvalue weighted by molar-refractivity contribution is -0.158. The molecule has 0 spiro atoms. The number of esters is 1. The maximum Gasteiger partial charge on any atom is 0.311 e. The van der Waals surface area contributed by atoms with Crippen molar-refractivity contribution in [3.63, 3.8) is 0 Å². The number of carboxylic acids is 1. The van der Waals surface area contributed by atoms with E-state index < -0.39 is 31.4 Å². The topological polar surface area (TPSA) is 99.1 Å². The van der Waals surface area contributed by atoms with Gasteiger partial charge in [0, 0.05) is 18.8 Å². The van der Waals surface area contributed by atoms with Crippen LogP contribution < -0.4 is 0 Å². The molecule has 0 aromatic heterocycles.